The lowest BCUT2D eigenvalue weighted by molar-refractivity contribution is 0.0988. The van der Waals surface area contributed by atoms with Crippen LogP contribution in [0.4, 0.5) is 23.0 Å². The molecular weight excluding hydrogens is 434 g/mol. The number of ether oxygens (including phenoxy) is 1. The highest BCUT2D eigenvalue weighted by molar-refractivity contribution is 6.02. The number of aryl methyl sites for hydroxylation is 1. The quantitative estimate of drug-likeness (QED) is 0.319. The molecule has 0 spiro atoms. The minimum atomic E-state index is -0.0462. The van der Waals surface area contributed by atoms with Crippen LogP contribution < -0.4 is 21.1 Å². The summed E-state index contributed by atoms with van der Waals surface area (Å²) in [5.74, 6) is 2.04. The summed E-state index contributed by atoms with van der Waals surface area (Å²) in [5, 5.41) is 18.9. The van der Waals surface area contributed by atoms with Crippen molar-refractivity contribution < 1.29 is 9.53 Å². The van der Waals surface area contributed by atoms with Gasteiger partial charge < -0.3 is 21.1 Å². The van der Waals surface area contributed by atoms with E-state index in [2.05, 4.69) is 35.9 Å². The van der Waals surface area contributed by atoms with Crippen LogP contribution in [0.25, 0.3) is 11.4 Å². The van der Waals surface area contributed by atoms with E-state index < -0.39 is 0 Å². The van der Waals surface area contributed by atoms with Crippen LogP contribution in [0.1, 0.15) is 29.4 Å². The van der Waals surface area contributed by atoms with E-state index in [4.69, 9.17) is 10.5 Å². The minimum Gasteiger partial charge on any atom is -0.494 e. The topological polar surface area (TPSA) is 146 Å². The molecule has 0 aliphatic rings. The highest BCUT2D eigenvalue weighted by atomic mass is 16.5. The standard InChI is InChI=1S/C23H25N9O2/c1-4-19(33)16-12-25-21(28-20-9-8-14(11-24)29-30-20)10-18(16)27-17-7-5-6-15(22(17)34-3)23-26-13-32(2)31-23/h5-10,12-13H,4,11,24H2,1-3H3,(H2,25,27,28,30). The Bertz CT molecular complexity index is 1300. The summed E-state index contributed by atoms with van der Waals surface area (Å²) in [7, 11) is 3.38. The number of nitrogens with zero attached hydrogens (tertiary/aromatic N) is 6. The van der Waals surface area contributed by atoms with Gasteiger partial charge in [0.05, 0.1) is 35.3 Å². The van der Waals surface area contributed by atoms with Gasteiger partial charge in [0, 0.05) is 32.3 Å². The number of carbonyl (C=O) groups is 1. The van der Waals surface area contributed by atoms with Crippen LogP contribution in [0.2, 0.25) is 0 Å². The second-order valence-corrected chi connectivity index (χ2v) is 7.38. The van der Waals surface area contributed by atoms with E-state index in [0.29, 0.717) is 58.8 Å². The van der Waals surface area contributed by atoms with Crippen molar-refractivity contribution >= 4 is 28.8 Å². The number of anilines is 4. The van der Waals surface area contributed by atoms with E-state index in [-0.39, 0.29) is 5.78 Å². The molecular formula is C23H25N9O2. The predicted molar refractivity (Wildman–Crippen MR) is 128 cm³/mol. The second kappa shape index (κ2) is 10.0. The molecule has 3 aromatic heterocycles. The van der Waals surface area contributed by atoms with E-state index in [9.17, 15) is 4.79 Å². The van der Waals surface area contributed by atoms with Crippen LogP contribution in [0, 0.1) is 0 Å². The van der Waals surface area contributed by atoms with Gasteiger partial charge in [0.1, 0.15) is 12.1 Å². The molecule has 34 heavy (non-hydrogen) atoms. The van der Waals surface area contributed by atoms with Gasteiger partial charge in [-0.3, -0.25) is 9.48 Å². The summed E-state index contributed by atoms with van der Waals surface area (Å²) in [6, 6.07) is 10.9. The Morgan fingerprint density at radius 1 is 1.09 bits per heavy atom. The molecule has 0 saturated heterocycles. The average Bonchev–Trinajstić information content (AvgIpc) is 3.30. The average molecular weight is 460 g/mol. The molecule has 0 saturated carbocycles. The molecule has 174 valence electrons. The zero-order valence-corrected chi connectivity index (χ0v) is 19.1. The number of para-hydroxylation sites is 1. The molecule has 0 aliphatic carbocycles. The van der Waals surface area contributed by atoms with Gasteiger partial charge in [0.25, 0.3) is 0 Å². The molecule has 0 amide bonds. The van der Waals surface area contributed by atoms with E-state index in [1.54, 1.807) is 50.3 Å². The van der Waals surface area contributed by atoms with Crippen LogP contribution in [-0.4, -0.2) is 42.8 Å². The van der Waals surface area contributed by atoms with Crippen molar-refractivity contribution in [1.29, 1.82) is 0 Å². The number of ketones is 1. The first-order valence-corrected chi connectivity index (χ1v) is 10.6. The van der Waals surface area contributed by atoms with Gasteiger partial charge in [0.2, 0.25) is 0 Å². The molecule has 1 aromatic carbocycles. The second-order valence-electron chi connectivity index (χ2n) is 7.38. The van der Waals surface area contributed by atoms with Gasteiger partial charge in [-0.1, -0.05) is 13.0 Å². The molecule has 0 aliphatic heterocycles. The van der Waals surface area contributed by atoms with Gasteiger partial charge >= 0.3 is 0 Å². The fourth-order valence-corrected chi connectivity index (χ4v) is 3.35. The maximum atomic E-state index is 12.6. The number of methoxy groups -OCH3 is 1. The Morgan fingerprint density at radius 2 is 1.94 bits per heavy atom. The summed E-state index contributed by atoms with van der Waals surface area (Å²) in [5.41, 5.74) is 8.67. The highest BCUT2D eigenvalue weighted by Crippen LogP contribution is 2.37. The van der Waals surface area contributed by atoms with Crippen LogP contribution in [0.5, 0.6) is 5.75 Å². The Hall–Kier alpha value is -4.38. The number of hydrogen-bond acceptors (Lipinski definition) is 10. The van der Waals surface area contributed by atoms with Gasteiger partial charge in [-0.25, -0.2) is 9.97 Å². The van der Waals surface area contributed by atoms with Crippen LogP contribution >= 0.6 is 0 Å². The lowest BCUT2D eigenvalue weighted by atomic mass is 10.1. The number of rotatable bonds is 9. The van der Waals surface area contributed by atoms with Crippen molar-refractivity contribution in [2.75, 3.05) is 17.7 Å². The molecule has 0 bridgehead atoms. The molecule has 0 fully saturated rings. The van der Waals surface area contributed by atoms with Crippen LogP contribution in [0.3, 0.4) is 0 Å². The number of aromatic nitrogens is 6. The molecule has 3 heterocycles. The number of pyridine rings is 1. The number of Topliss-reactive ketones (excluding diaryl/α,β-unsaturated/α-hetero) is 1. The summed E-state index contributed by atoms with van der Waals surface area (Å²) in [6.45, 7) is 2.11. The number of hydrogen-bond donors (Lipinski definition) is 3. The van der Waals surface area contributed by atoms with Crippen molar-refractivity contribution in [1.82, 2.24) is 29.9 Å². The van der Waals surface area contributed by atoms with E-state index in [1.807, 2.05) is 18.2 Å². The highest BCUT2D eigenvalue weighted by Gasteiger charge is 2.18. The van der Waals surface area contributed by atoms with Crippen LogP contribution in [-0.2, 0) is 13.6 Å². The summed E-state index contributed by atoms with van der Waals surface area (Å²) in [4.78, 5) is 21.3. The maximum absolute atomic E-state index is 12.6. The first-order chi connectivity index (χ1) is 16.5. The monoisotopic (exact) mass is 459 g/mol. The van der Waals surface area contributed by atoms with Crippen molar-refractivity contribution in [3.8, 4) is 17.1 Å². The Balaban J connectivity index is 1.71. The smallest absolute Gasteiger partial charge is 0.184 e. The van der Waals surface area contributed by atoms with Gasteiger partial charge in [0.15, 0.2) is 23.2 Å². The van der Waals surface area contributed by atoms with Crippen molar-refractivity contribution in [3.05, 3.63) is 60.2 Å². The third-order valence-corrected chi connectivity index (χ3v) is 5.04. The molecule has 4 N–H and O–H groups in total. The Labute approximate surface area is 196 Å². The SMILES string of the molecule is CCC(=O)c1cnc(Nc2ccc(CN)nn2)cc1Nc1cccc(-c2ncn(C)n2)c1OC. The van der Waals surface area contributed by atoms with Gasteiger partial charge in [-0.15, -0.1) is 5.10 Å². The molecule has 11 nitrogen and oxygen atoms in total. The Kier molecular flexibility index (Phi) is 6.74. The molecule has 0 radical (unpaired) electrons. The van der Waals surface area contributed by atoms with Crippen molar-refractivity contribution in [3.63, 3.8) is 0 Å². The third kappa shape index (κ3) is 4.84. The third-order valence-electron chi connectivity index (χ3n) is 5.04. The first kappa shape index (κ1) is 22.8. The molecule has 0 unspecified atom stereocenters. The Morgan fingerprint density at radius 3 is 2.59 bits per heavy atom. The van der Waals surface area contributed by atoms with Crippen LogP contribution in [0.15, 0.2) is 48.9 Å². The first-order valence-electron chi connectivity index (χ1n) is 10.6. The van der Waals surface area contributed by atoms with E-state index >= 15 is 0 Å². The fraction of sp³-hybridized carbons (Fsp3) is 0.217. The molecule has 4 aromatic rings. The van der Waals surface area contributed by atoms with Gasteiger partial charge in [-0.05, 0) is 24.3 Å². The number of nitrogens with two attached hydrogens (primary N) is 1. The molecule has 0 atom stereocenters. The fourth-order valence-electron chi connectivity index (χ4n) is 3.35. The number of carbonyl (C=O) groups excluding carboxylic acids is 1. The lowest BCUT2D eigenvalue weighted by Gasteiger charge is -2.17. The van der Waals surface area contributed by atoms with Crippen molar-refractivity contribution in [2.45, 2.75) is 19.9 Å². The van der Waals surface area contributed by atoms with Gasteiger partial charge in [-0.2, -0.15) is 10.2 Å². The summed E-state index contributed by atoms with van der Waals surface area (Å²) in [6.07, 6.45) is 3.50. The van der Waals surface area contributed by atoms with Crippen molar-refractivity contribution in [2.24, 2.45) is 12.8 Å². The maximum Gasteiger partial charge on any atom is 0.184 e. The van der Waals surface area contributed by atoms with E-state index in [1.165, 1.54) is 6.20 Å². The number of benzene rings is 1. The largest absolute Gasteiger partial charge is 0.494 e. The lowest BCUT2D eigenvalue weighted by Crippen LogP contribution is -2.07. The van der Waals surface area contributed by atoms with E-state index in [0.717, 1.165) is 5.56 Å². The summed E-state index contributed by atoms with van der Waals surface area (Å²) >= 11 is 0. The zero-order chi connectivity index (χ0) is 24.1. The zero-order valence-electron chi connectivity index (χ0n) is 19.1. The minimum absolute atomic E-state index is 0.0462. The normalized spacial score (nSPS) is 10.7. The molecule has 4 rings (SSSR count). The number of nitrogens with one attached hydrogen (secondary N) is 2. The summed E-state index contributed by atoms with van der Waals surface area (Å²) < 4.78 is 7.31. The molecule has 11 heteroatoms. The predicted octanol–water partition coefficient (Wildman–Crippen LogP) is 3.21.